The van der Waals surface area contributed by atoms with Crippen molar-refractivity contribution in [2.45, 2.75) is 19.6 Å². The Kier molecular flexibility index (Phi) is 4.14. The van der Waals surface area contributed by atoms with Crippen molar-refractivity contribution in [1.82, 2.24) is 34.8 Å². The van der Waals surface area contributed by atoms with Crippen LogP contribution in [-0.4, -0.2) is 40.9 Å². The largest absolute Gasteiger partial charge is 0.489 e. The maximum absolute atomic E-state index is 5.97. The Hall–Kier alpha value is -2.81. The second-order valence-corrected chi connectivity index (χ2v) is 6.37. The first-order valence-electron chi connectivity index (χ1n) is 7.67. The predicted molar refractivity (Wildman–Crippen MR) is 94.0 cm³/mol. The summed E-state index contributed by atoms with van der Waals surface area (Å²) in [7, 11) is 0. The average Bonchev–Trinajstić information content (AvgIpc) is 3.25. The summed E-state index contributed by atoms with van der Waals surface area (Å²) in [5.74, 6) is 0.768. The molecule has 0 radical (unpaired) electrons. The molecule has 0 aliphatic rings. The molecule has 0 N–H and O–H groups in total. The van der Waals surface area contributed by atoms with Crippen molar-refractivity contribution >= 4 is 21.6 Å². The SMILES string of the molecule is CC(Cn1cnnn1)Oc1cccc(-c2ccc3ncc(Br)n3n2)c1. The molecule has 4 aromatic rings. The number of rotatable bonds is 5. The monoisotopic (exact) mass is 399 g/mol. The summed E-state index contributed by atoms with van der Waals surface area (Å²) >= 11 is 3.44. The molecule has 0 spiro atoms. The van der Waals surface area contributed by atoms with Gasteiger partial charge in [0.25, 0.3) is 0 Å². The first-order valence-corrected chi connectivity index (χ1v) is 8.46. The summed E-state index contributed by atoms with van der Waals surface area (Å²) in [6.45, 7) is 2.55. The van der Waals surface area contributed by atoms with Crippen molar-refractivity contribution in [1.29, 1.82) is 0 Å². The van der Waals surface area contributed by atoms with Crippen LogP contribution in [0.15, 0.2) is 53.5 Å². The smallest absolute Gasteiger partial charge is 0.154 e. The molecule has 25 heavy (non-hydrogen) atoms. The number of ether oxygens (including phenoxy) is 1. The lowest BCUT2D eigenvalue weighted by molar-refractivity contribution is 0.193. The summed E-state index contributed by atoms with van der Waals surface area (Å²) in [5.41, 5.74) is 2.59. The van der Waals surface area contributed by atoms with Crippen molar-refractivity contribution in [2.24, 2.45) is 0 Å². The lowest BCUT2D eigenvalue weighted by Crippen LogP contribution is -2.20. The van der Waals surface area contributed by atoms with Crippen molar-refractivity contribution in [3.8, 4) is 17.0 Å². The van der Waals surface area contributed by atoms with Gasteiger partial charge in [0.1, 0.15) is 22.8 Å². The van der Waals surface area contributed by atoms with Crippen molar-refractivity contribution in [3.05, 3.63) is 53.5 Å². The number of aromatic nitrogens is 7. The van der Waals surface area contributed by atoms with Crippen LogP contribution in [0.3, 0.4) is 0 Å². The molecule has 0 fully saturated rings. The fraction of sp³-hybridized carbons (Fsp3) is 0.188. The molecule has 1 unspecified atom stereocenters. The standard InChI is InChI=1S/C16H14BrN7O/c1-11(9-23-10-19-21-22-23)25-13-4-2-3-12(7-13)14-5-6-16-18-8-15(17)24(16)20-14/h2-8,10-11H,9H2,1H3. The zero-order valence-corrected chi connectivity index (χ0v) is 14.9. The second-order valence-electron chi connectivity index (χ2n) is 5.56. The lowest BCUT2D eigenvalue weighted by atomic mass is 10.1. The van der Waals surface area contributed by atoms with Crippen LogP contribution in [0.4, 0.5) is 0 Å². The number of nitrogens with zero attached hydrogens (tertiary/aromatic N) is 7. The van der Waals surface area contributed by atoms with Gasteiger partial charge in [0.2, 0.25) is 0 Å². The number of hydrogen-bond donors (Lipinski definition) is 0. The van der Waals surface area contributed by atoms with Gasteiger partial charge in [-0.25, -0.2) is 14.2 Å². The Morgan fingerprint density at radius 2 is 2.16 bits per heavy atom. The van der Waals surface area contributed by atoms with Crippen LogP contribution < -0.4 is 4.74 Å². The Balaban J connectivity index is 1.56. The minimum absolute atomic E-state index is 0.0722. The molecule has 0 bridgehead atoms. The van der Waals surface area contributed by atoms with E-state index < -0.39 is 0 Å². The van der Waals surface area contributed by atoms with E-state index in [0.29, 0.717) is 6.54 Å². The third kappa shape index (κ3) is 3.36. The van der Waals surface area contributed by atoms with Gasteiger partial charge in [-0.3, -0.25) is 0 Å². The van der Waals surface area contributed by atoms with E-state index in [4.69, 9.17) is 4.74 Å². The Morgan fingerprint density at radius 1 is 1.24 bits per heavy atom. The van der Waals surface area contributed by atoms with Gasteiger partial charge in [0, 0.05) is 5.56 Å². The molecule has 0 aliphatic carbocycles. The van der Waals surface area contributed by atoms with E-state index in [9.17, 15) is 0 Å². The molecule has 3 aromatic heterocycles. The normalized spacial score (nSPS) is 12.4. The molecular weight excluding hydrogens is 386 g/mol. The van der Waals surface area contributed by atoms with Crippen LogP contribution in [0.25, 0.3) is 16.9 Å². The first-order chi connectivity index (χ1) is 12.2. The summed E-state index contributed by atoms with van der Waals surface area (Å²) in [6.07, 6.45) is 3.22. The molecular formula is C16H14BrN7O. The van der Waals surface area contributed by atoms with Crippen molar-refractivity contribution in [3.63, 3.8) is 0 Å². The quantitative estimate of drug-likeness (QED) is 0.512. The highest BCUT2D eigenvalue weighted by atomic mass is 79.9. The molecule has 0 saturated carbocycles. The number of imidazole rings is 1. The van der Waals surface area contributed by atoms with E-state index in [2.05, 4.69) is 41.5 Å². The Morgan fingerprint density at radius 3 is 3.00 bits per heavy atom. The minimum atomic E-state index is -0.0722. The third-order valence-corrected chi connectivity index (χ3v) is 4.16. The molecule has 3 heterocycles. The fourth-order valence-electron chi connectivity index (χ4n) is 2.52. The molecule has 1 aromatic carbocycles. The number of benzene rings is 1. The van der Waals surface area contributed by atoms with E-state index in [1.54, 1.807) is 21.7 Å². The Bertz CT molecular complexity index is 999. The van der Waals surface area contributed by atoms with E-state index >= 15 is 0 Å². The topological polar surface area (TPSA) is 83.0 Å². The summed E-state index contributed by atoms with van der Waals surface area (Å²) in [4.78, 5) is 4.26. The van der Waals surface area contributed by atoms with Gasteiger partial charge in [-0.15, -0.1) is 5.10 Å². The van der Waals surface area contributed by atoms with Crippen molar-refractivity contribution < 1.29 is 4.74 Å². The molecule has 0 aliphatic heterocycles. The lowest BCUT2D eigenvalue weighted by Gasteiger charge is -2.14. The van der Waals surface area contributed by atoms with Crippen molar-refractivity contribution in [2.75, 3.05) is 0 Å². The molecule has 0 saturated heterocycles. The molecule has 8 nitrogen and oxygen atoms in total. The van der Waals surface area contributed by atoms with E-state index in [1.807, 2.05) is 43.3 Å². The van der Waals surface area contributed by atoms with Gasteiger partial charge in [-0.05, 0) is 57.5 Å². The highest BCUT2D eigenvalue weighted by Crippen LogP contribution is 2.24. The molecule has 4 rings (SSSR count). The van der Waals surface area contributed by atoms with Gasteiger partial charge in [0.15, 0.2) is 5.65 Å². The van der Waals surface area contributed by atoms with E-state index in [0.717, 1.165) is 27.3 Å². The average molecular weight is 400 g/mol. The molecule has 0 amide bonds. The van der Waals surface area contributed by atoms with Gasteiger partial charge >= 0.3 is 0 Å². The van der Waals surface area contributed by atoms with Crippen LogP contribution >= 0.6 is 15.9 Å². The number of fused-ring (bicyclic) bond motifs is 1. The highest BCUT2D eigenvalue weighted by Gasteiger charge is 2.09. The van der Waals surface area contributed by atoms with Crippen LogP contribution in [0.5, 0.6) is 5.75 Å². The van der Waals surface area contributed by atoms with Crippen LogP contribution in [-0.2, 0) is 6.54 Å². The maximum atomic E-state index is 5.97. The fourth-order valence-corrected chi connectivity index (χ4v) is 2.89. The molecule has 1 atom stereocenters. The zero-order chi connectivity index (χ0) is 17.2. The highest BCUT2D eigenvalue weighted by molar-refractivity contribution is 9.10. The summed E-state index contributed by atoms with van der Waals surface area (Å²) < 4.78 is 10.2. The zero-order valence-electron chi connectivity index (χ0n) is 13.3. The van der Waals surface area contributed by atoms with E-state index in [1.165, 1.54) is 0 Å². The minimum Gasteiger partial charge on any atom is -0.489 e. The predicted octanol–water partition coefficient (Wildman–Crippen LogP) is 2.61. The van der Waals surface area contributed by atoms with Gasteiger partial charge in [-0.1, -0.05) is 12.1 Å². The van der Waals surface area contributed by atoms with Gasteiger partial charge in [0.05, 0.1) is 18.4 Å². The maximum Gasteiger partial charge on any atom is 0.154 e. The van der Waals surface area contributed by atoms with Crippen LogP contribution in [0.2, 0.25) is 0 Å². The first kappa shape index (κ1) is 15.7. The van der Waals surface area contributed by atoms with Gasteiger partial charge < -0.3 is 4.74 Å². The molecule has 9 heteroatoms. The van der Waals surface area contributed by atoms with Crippen LogP contribution in [0, 0.1) is 0 Å². The number of tetrazole rings is 1. The number of halogens is 1. The molecule has 126 valence electrons. The Labute approximate surface area is 151 Å². The van der Waals surface area contributed by atoms with Gasteiger partial charge in [-0.2, -0.15) is 5.10 Å². The van der Waals surface area contributed by atoms with Crippen LogP contribution in [0.1, 0.15) is 6.92 Å². The van der Waals surface area contributed by atoms with E-state index in [-0.39, 0.29) is 6.10 Å². The summed E-state index contributed by atoms with van der Waals surface area (Å²) in [5, 5.41) is 15.7. The third-order valence-electron chi connectivity index (χ3n) is 3.62. The second kappa shape index (κ2) is 6.60. The summed E-state index contributed by atoms with van der Waals surface area (Å²) in [6, 6.07) is 11.7. The number of hydrogen-bond acceptors (Lipinski definition) is 6.